The SMILES string of the molecule is CC.CC.CC.CC(C)C1=NCCCCS1.CC(C)C1=NCCCS1.CC(C)C1=NCCS1. The number of aliphatic imine (C=N–C) groups is 3. The third kappa shape index (κ3) is 22.3. The number of nitrogens with zero attached hydrogens (tertiary/aromatic N) is 3. The Morgan fingerprint density at radius 1 is 0.455 bits per heavy atom. The quantitative estimate of drug-likeness (QED) is 0.372. The smallest absolute Gasteiger partial charge is 0.0702 e. The van der Waals surface area contributed by atoms with Crippen molar-refractivity contribution in [1.29, 1.82) is 0 Å². The van der Waals surface area contributed by atoms with E-state index in [0.717, 1.165) is 19.6 Å². The van der Waals surface area contributed by atoms with Gasteiger partial charge >= 0.3 is 0 Å². The van der Waals surface area contributed by atoms with Crippen LogP contribution in [-0.2, 0) is 0 Å². The molecule has 0 fully saturated rings. The second-order valence-electron chi connectivity index (χ2n) is 7.73. The summed E-state index contributed by atoms with van der Waals surface area (Å²) in [5.74, 6) is 5.70. The van der Waals surface area contributed by atoms with Gasteiger partial charge in [-0.15, -0.1) is 35.3 Å². The monoisotopic (exact) mass is 519 g/mol. The predicted octanol–water partition coefficient (Wildman–Crippen LogP) is 9.61. The summed E-state index contributed by atoms with van der Waals surface area (Å²) < 4.78 is 0. The predicted molar refractivity (Wildman–Crippen MR) is 167 cm³/mol. The van der Waals surface area contributed by atoms with E-state index in [1.807, 2.05) is 76.8 Å². The van der Waals surface area contributed by atoms with E-state index in [0.29, 0.717) is 17.8 Å². The van der Waals surface area contributed by atoms with Crippen LogP contribution >= 0.6 is 35.3 Å². The fourth-order valence-corrected chi connectivity index (χ4v) is 5.48. The molecule has 3 aliphatic heterocycles. The second kappa shape index (κ2) is 28.3. The first-order valence-corrected chi connectivity index (χ1v) is 16.4. The maximum atomic E-state index is 4.50. The molecule has 0 unspecified atom stereocenters. The molecule has 0 radical (unpaired) electrons. The highest BCUT2D eigenvalue weighted by molar-refractivity contribution is 8.14. The van der Waals surface area contributed by atoms with Gasteiger partial charge in [0.05, 0.1) is 15.1 Å². The van der Waals surface area contributed by atoms with Gasteiger partial charge in [0.15, 0.2) is 0 Å². The molecule has 33 heavy (non-hydrogen) atoms. The molecule has 3 nitrogen and oxygen atoms in total. The van der Waals surface area contributed by atoms with Crippen LogP contribution < -0.4 is 0 Å². The van der Waals surface area contributed by atoms with E-state index < -0.39 is 0 Å². The molecule has 0 aliphatic carbocycles. The molecule has 3 aliphatic rings. The molecule has 0 aromatic carbocycles. The Bertz CT molecular complexity index is 499. The lowest BCUT2D eigenvalue weighted by Crippen LogP contribution is -2.09. The molecule has 0 aromatic heterocycles. The van der Waals surface area contributed by atoms with E-state index in [2.05, 4.69) is 56.5 Å². The van der Waals surface area contributed by atoms with E-state index in [1.54, 1.807) is 0 Å². The molecule has 0 amide bonds. The Kier molecular flexibility index (Phi) is 32.2. The topological polar surface area (TPSA) is 37.1 Å². The van der Waals surface area contributed by atoms with Gasteiger partial charge in [-0.1, -0.05) is 83.1 Å². The molecule has 6 heteroatoms. The zero-order chi connectivity index (χ0) is 26.1. The molecule has 0 saturated heterocycles. The van der Waals surface area contributed by atoms with Crippen molar-refractivity contribution in [1.82, 2.24) is 0 Å². The average Bonchev–Trinajstić information content (AvgIpc) is 3.27. The maximum Gasteiger partial charge on any atom is 0.0702 e. The van der Waals surface area contributed by atoms with Gasteiger partial charge in [0, 0.05) is 48.9 Å². The molecule has 3 rings (SSSR count). The van der Waals surface area contributed by atoms with Crippen molar-refractivity contribution in [2.75, 3.05) is 36.9 Å². The zero-order valence-corrected chi connectivity index (χ0v) is 26.6. The number of thioether (sulfide) groups is 3. The maximum absolute atomic E-state index is 4.50. The van der Waals surface area contributed by atoms with Crippen LogP contribution in [0.1, 0.15) is 102 Å². The van der Waals surface area contributed by atoms with Crippen molar-refractivity contribution in [3.8, 4) is 0 Å². The summed E-state index contributed by atoms with van der Waals surface area (Å²) >= 11 is 5.76. The summed E-state index contributed by atoms with van der Waals surface area (Å²) in [6.07, 6.45) is 3.88. The summed E-state index contributed by atoms with van der Waals surface area (Å²) in [5, 5.41) is 4.05. The second-order valence-corrected chi connectivity index (χ2v) is 11.1. The van der Waals surface area contributed by atoms with Gasteiger partial charge in [0.1, 0.15) is 0 Å². The van der Waals surface area contributed by atoms with E-state index in [-0.39, 0.29) is 0 Å². The number of hydrogen-bond donors (Lipinski definition) is 0. The van der Waals surface area contributed by atoms with Crippen LogP contribution in [0.25, 0.3) is 0 Å². The van der Waals surface area contributed by atoms with Crippen molar-refractivity contribution >= 4 is 50.4 Å². The van der Waals surface area contributed by atoms with E-state index in [4.69, 9.17) is 0 Å². The molecule has 0 spiro atoms. The van der Waals surface area contributed by atoms with Crippen molar-refractivity contribution in [3.63, 3.8) is 0 Å². The molecule has 0 bridgehead atoms. The summed E-state index contributed by atoms with van der Waals surface area (Å²) in [5.41, 5.74) is 0. The van der Waals surface area contributed by atoms with Crippen LogP contribution in [0.2, 0.25) is 0 Å². The molecule has 198 valence electrons. The number of hydrogen-bond acceptors (Lipinski definition) is 6. The zero-order valence-electron chi connectivity index (χ0n) is 24.2. The van der Waals surface area contributed by atoms with Crippen molar-refractivity contribution in [2.24, 2.45) is 32.7 Å². The van der Waals surface area contributed by atoms with E-state index >= 15 is 0 Å². The Hall–Kier alpha value is 0.0600. The summed E-state index contributed by atoms with van der Waals surface area (Å²) in [6, 6.07) is 0. The van der Waals surface area contributed by atoms with Crippen LogP contribution in [0, 0.1) is 17.8 Å². The lowest BCUT2D eigenvalue weighted by atomic mass is 10.2. The third-order valence-electron chi connectivity index (χ3n) is 3.98. The van der Waals surface area contributed by atoms with Gasteiger partial charge in [0.25, 0.3) is 0 Å². The molecular formula is C27H57N3S3. The summed E-state index contributed by atoms with van der Waals surface area (Å²) in [4.78, 5) is 13.2. The molecule has 0 aromatic rings. The minimum Gasteiger partial charge on any atom is -0.283 e. The van der Waals surface area contributed by atoms with Crippen LogP contribution in [-0.4, -0.2) is 52.0 Å². The van der Waals surface area contributed by atoms with Gasteiger partial charge in [-0.3, -0.25) is 15.0 Å². The molecule has 0 N–H and O–H groups in total. The van der Waals surface area contributed by atoms with Crippen LogP contribution in [0.15, 0.2) is 15.0 Å². The Morgan fingerprint density at radius 2 is 0.788 bits per heavy atom. The molecular weight excluding hydrogens is 463 g/mol. The van der Waals surface area contributed by atoms with Gasteiger partial charge in [0.2, 0.25) is 0 Å². The largest absolute Gasteiger partial charge is 0.283 e. The highest BCUT2D eigenvalue weighted by atomic mass is 32.2. The summed E-state index contributed by atoms with van der Waals surface area (Å²) in [7, 11) is 0. The van der Waals surface area contributed by atoms with Gasteiger partial charge in [-0.05, 0) is 25.0 Å². The third-order valence-corrected chi connectivity index (χ3v) is 8.04. The minimum absolute atomic E-state index is 0.642. The minimum atomic E-state index is 0.642. The first-order chi connectivity index (χ1) is 15.9. The lowest BCUT2D eigenvalue weighted by molar-refractivity contribution is 0.813. The standard InChI is InChI=1S/C8H15NS.C7H13NS.C6H11NS.3C2H6/c1-7(2)8-9-5-3-4-6-10-8;1-6(2)7-8-4-3-5-9-7;1-5(2)6-7-3-4-8-6;3*1-2/h7H,3-6H2,1-2H3;6H,3-5H2,1-2H3;5H,3-4H2,1-2H3;3*1-2H3. The fourth-order valence-electron chi connectivity index (χ4n) is 2.50. The summed E-state index contributed by atoms with van der Waals surface area (Å²) in [6.45, 7) is 28.4. The average molecular weight is 520 g/mol. The first kappa shape index (κ1) is 37.6. The van der Waals surface area contributed by atoms with Gasteiger partial charge < -0.3 is 0 Å². The Morgan fingerprint density at radius 3 is 1.12 bits per heavy atom. The van der Waals surface area contributed by atoms with E-state index in [9.17, 15) is 0 Å². The van der Waals surface area contributed by atoms with Crippen LogP contribution in [0.3, 0.4) is 0 Å². The van der Waals surface area contributed by atoms with Crippen molar-refractivity contribution < 1.29 is 0 Å². The Labute approximate surface area is 221 Å². The van der Waals surface area contributed by atoms with E-state index in [1.165, 1.54) is 51.7 Å². The fraction of sp³-hybridized carbons (Fsp3) is 0.889. The van der Waals surface area contributed by atoms with Crippen molar-refractivity contribution in [3.05, 3.63) is 0 Å². The van der Waals surface area contributed by atoms with Crippen LogP contribution in [0.5, 0.6) is 0 Å². The number of rotatable bonds is 3. The normalized spacial score (nSPS) is 17.0. The van der Waals surface area contributed by atoms with Crippen LogP contribution in [0.4, 0.5) is 0 Å². The first-order valence-electron chi connectivity index (χ1n) is 13.4. The van der Waals surface area contributed by atoms with Gasteiger partial charge in [-0.25, -0.2) is 0 Å². The van der Waals surface area contributed by atoms with Gasteiger partial charge in [-0.2, -0.15) is 0 Å². The highest BCUT2D eigenvalue weighted by Gasteiger charge is 2.10. The lowest BCUT2D eigenvalue weighted by Gasteiger charge is -2.13. The molecule has 0 atom stereocenters. The highest BCUT2D eigenvalue weighted by Crippen LogP contribution is 2.19. The Balaban J connectivity index is -0.000000368. The molecule has 0 saturated carbocycles. The molecule has 3 heterocycles. The van der Waals surface area contributed by atoms with Crippen molar-refractivity contribution in [2.45, 2.75) is 102 Å².